The van der Waals surface area contributed by atoms with Gasteiger partial charge in [0.25, 0.3) is 0 Å². The van der Waals surface area contributed by atoms with E-state index >= 15 is 0 Å². The fourth-order valence-corrected chi connectivity index (χ4v) is 1.43. The van der Waals surface area contributed by atoms with Gasteiger partial charge in [0.1, 0.15) is 5.82 Å². The van der Waals surface area contributed by atoms with E-state index in [1.54, 1.807) is 0 Å². The van der Waals surface area contributed by atoms with Crippen molar-refractivity contribution in [2.45, 2.75) is 6.54 Å². The van der Waals surface area contributed by atoms with Crippen LogP contribution in [0.3, 0.4) is 0 Å². The Bertz CT molecular complexity index is 390. The molecule has 72 valence electrons. The number of aryl methyl sites for hydroxylation is 1. The molecular weight excluding hydrogens is 172 g/mol. The number of nitrogens with one attached hydrogen (secondary N) is 1. The lowest BCUT2D eigenvalue weighted by molar-refractivity contribution is 0.915. The predicted molar refractivity (Wildman–Crippen MR) is 59.2 cm³/mol. The third kappa shape index (κ3) is 1.96. The van der Waals surface area contributed by atoms with E-state index in [1.807, 2.05) is 25.4 Å². The van der Waals surface area contributed by atoms with Crippen LogP contribution in [-0.4, -0.2) is 4.57 Å². The maximum atomic E-state index is 3.37. The van der Waals surface area contributed by atoms with Gasteiger partial charge in [0.2, 0.25) is 0 Å². The maximum absolute atomic E-state index is 3.37. The van der Waals surface area contributed by atoms with Crippen LogP contribution in [0.5, 0.6) is 0 Å². The summed E-state index contributed by atoms with van der Waals surface area (Å²) in [6, 6.07) is 14.5. The number of benzene rings is 1. The zero-order valence-corrected chi connectivity index (χ0v) is 8.27. The summed E-state index contributed by atoms with van der Waals surface area (Å²) in [6.07, 6.45) is 2.04. The highest BCUT2D eigenvalue weighted by atomic mass is 15.1. The molecule has 1 N–H and O–H groups in total. The van der Waals surface area contributed by atoms with Crippen LogP contribution < -0.4 is 5.32 Å². The average molecular weight is 186 g/mol. The number of aromatic nitrogens is 1. The molecular formula is C12H14N2. The van der Waals surface area contributed by atoms with Crippen LogP contribution in [0.25, 0.3) is 0 Å². The molecule has 0 aliphatic heterocycles. The molecule has 2 nitrogen and oxygen atoms in total. The van der Waals surface area contributed by atoms with Crippen molar-refractivity contribution in [2.75, 3.05) is 5.32 Å². The molecule has 0 fully saturated rings. The molecule has 0 radical (unpaired) electrons. The lowest BCUT2D eigenvalue weighted by Gasteiger charge is -2.06. The van der Waals surface area contributed by atoms with E-state index < -0.39 is 0 Å². The Morgan fingerprint density at radius 1 is 1.07 bits per heavy atom. The summed E-state index contributed by atoms with van der Waals surface area (Å²) in [5.74, 6) is 1.15. The Balaban J connectivity index is 1.99. The molecule has 0 unspecified atom stereocenters. The molecule has 0 saturated heterocycles. The third-order valence-electron chi connectivity index (χ3n) is 2.26. The highest BCUT2D eigenvalue weighted by molar-refractivity contribution is 5.37. The molecule has 0 bridgehead atoms. The van der Waals surface area contributed by atoms with Crippen molar-refractivity contribution in [1.82, 2.24) is 4.57 Å². The molecule has 1 heterocycles. The van der Waals surface area contributed by atoms with E-state index in [2.05, 4.69) is 40.2 Å². The Kier molecular flexibility index (Phi) is 2.54. The Labute approximate surface area is 84.2 Å². The van der Waals surface area contributed by atoms with Crippen LogP contribution in [-0.2, 0) is 13.6 Å². The zero-order chi connectivity index (χ0) is 9.80. The van der Waals surface area contributed by atoms with E-state index in [0.717, 1.165) is 12.4 Å². The van der Waals surface area contributed by atoms with Crippen molar-refractivity contribution in [2.24, 2.45) is 7.05 Å². The molecule has 0 amide bonds. The molecule has 0 aliphatic carbocycles. The predicted octanol–water partition coefficient (Wildman–Crippen LogP) is 2.64. The lowest BCUT2D eigenvalue weighted by Crippen LogP contribution is -2.02. The highest BCUT2D eigenvalue weighted by Gasteiger charge is 1.95. The molecule has 1 aromatic heterocycles. The summed E-state index contributed by atoms with van der Waals surface area (Å²) in [4.78, 5) is 0. The number of hydrogen-bond acceptors (Lipinski definition) is 1. The molecule has 0 spiro atoms. The maximum Gasteiger partial charge on any atom is 0.105 e. The average Bonchev–Trinajstić information content (AvgIpc) is 2.63. The largest absolute Gasteiger partial charge is 0.367 e. The fourth-order valence-electron chi connectivity index (χ4n) is 1.43. The van der Waals surface area contributed by atoms with Gasteiger partial charge in [0, 0.05) is 19.8 Å². The highest BCUT2D eigenvalue weighted by Crippen LogP contribution is 2.08. The Morgan fingerprint density at radius 2 is 1.86 bits per heavy atom. The van der Waals surface area contributed by atoms with E-state index in [0.29, 0.717) is 0 Å². The molecule has 0 atom stereocenters. The molecule has 0 aliphatic rings. The summed E-state index contributed by atoms with van der Waals surface area (Å²) in [5.41, 5.74) is 1.30. The van der Waals surface area contributed by atoms with Gasteiger partial charge >= 0.3 is 0 Å². The van der Waals surface area contributed by atoms with Gasteiger partial charge in [0.05, 0.1) is 0 Å². The monoisotopic (exact) mass is 186 g/mol. The quantitative estimate of drug-likeness (QED) is 0.779. The van der Waals surface area contributed by atoms with Crippen LogP contribution in [0, 0.1) is 0 Å². The van der Waals surface area contributed by atoms with Crippen molar-refractivity contribution >= 4 is 5.82 Å². The summed E-state index contributed by atoms with van der Waals surface area (Å²) in [7, 11) is 2.04. The number of anilines is 1. The summed E-state index contributed by atoms with van der Waals surface area (Å²) in [5, 5.41) is 3.37. The van der Waals surface area contributed by atoms with Crippen LogP contribution in [0.2, 0.25) is 0 Å². The summed E-state index contributed by atoms with van der Waals surface area (Å²) >= 11 is 0. The van der Waals surface area contributed by atoms with E-state index in [1.165, 1.54) is 5.56 Å². The SMILES string of the molecule is Cn1cccc1NCc1ccccc1. The molecule has 2 heteroatoms. The van der Waals surface area contributed by atoms with Crippen LogP contribution in [0.1, 0.15) is 5.56 Å². The third-order valence-corrected chi connectivity index (χ3v) is 2.26. The number of rotatable bonds is 3. The van der Waals surface area contributed by atoms with E-state index in [-0.39, 0.29) is 0 Å². The first-order chi connectivity index (χ1) is 6.86. The number of nitrogens with zero attached hydrogens (tertiary/aromatic N) is 1. The smallest absolute Gasteiger partial charge is 0.105 e. The zero-order valence-electron chi connectivity index (χ0n) is 8.27. The number of hydrogen-bond donors (Lipinski definition) is 1. The Hall–Kier alpha value is -1.70. The van der Waals surface area contributed by atoms with Gasteiger partial charge in [-0.05, 0) is 17.7 Å². The fraction of sp³-hybridized carbons (Fsp3) is 0.167. The van der Waals surface area contributed by atoms with E-state index in [9.17, 15) is 0 Å². The topological polar surface area (TPSA) is 17.0 Å². The lowest BCUT2D eigenvalue weighted by atomic mass is 10.2. The first-order valence-electron chi connectivity index (χ1n) is 4.75. The Morgan fingerprint density at radius 3 is 2.50 bits per heavy atom. The second-order valence-electron chi connectivity index (χ2n) is 3.34. The molecule has 1 aromatic carbocycles. The van der Waals surface area contributed by atoms with Gasteiger partial charge in [-0.25, -0.2) is 0 Å². The van der Waals surface area contributed by atoms with Gasteiger partial charge in [-0.1, -0.05) is 30.3 Å². The minimum absolute atomic E-state index is 0.874. The normalized spacial score (nSPS) is 10.1. The van der Waals surface area contributed by atoms with Crippen molar-refractivity contribution in [3.63, 3.8) is 0 Å². The minimum Gasteiger partial charge on any atom is -0.367 e. The van der Waals surface area contributed by atoms with Crippen LogP contribution in [0.15, 0.2) is 48.7 Å². The van der Waals surface area contributed by atoms with Crippen molar-refractivity contribution in [3.8, 4) is 0 Å². The summed E-state index contributed by atoms with van der Waals surface area (Å²) in [6.45, 7) is 0.874. The molecule has 0 saturated carbocycles. The van der Waals surface area contributed by atoms with Crippen molar-refractivity contribution in [1.29, 1.82) is 0 Å². The van der Waals surface area contributed by atoms with Crippen molar-refractivity contribution < 1.29 is 0 Å². The van der Waals surface area contributed by atoms with Gasteiger partial charge in [-0.15, -0.1) is 0 Å². The molecule has 2 aromatic rings. The molecule has 2 rings (SSSR count). The van der Waals surface area contributed by atoms with Gasteiger partial charge in [0.15, 0.2) is 0 Å². The first-order valence-corrected chi connectivity index (χ1v) is 4.75. The second-order valence-corrected chi connectivity index (χ2v) is 3.34. The second kappa shape index (κ2) is 4.01. The summed E-state index contributed by atoms with van der Waals surface area (Å²) < 4.78 is 2.07. The van der Waals surface area contributed by atoms with Gasteiger partial charge in [-0.2, -0.15) is 0 Å². The van der Waals surface area contributed by atoms with Crippen LogP contribution in [0.4, 0.5) is 5.82 Å². The van der Waals surface area contributed by atoms with Crippen molar-refractivity contribution in [3.05, 3.63) is 54.2 Å². The van der Waals surface area contributed by atoms with Crippen LogP contribution >= 0.6 is 0 Å². The minimum atomic E-state index is 0.874. The van der Waals surface area contributed by atoms with Gasteiger partial charge in [-0.3, -0.25) is 0 Å². The van der Waals surface area contributed by atoms with E-state index in [4.69, 9.17) is 0 Å². The standard InChI is InChI=1S/C12H14N2/c1-14-9-5-8-12(14)13-10-11-6-3-2-4-7-11/h2-9,13H,10H2,1H3. The van der Waals surface area contributed by atoms with Gasteiger partial charge < -0.3 is 9.88 Å². The molecule has 14 heavy (non-hydrogen) atoms. The first kappa shape index (κ1) is 8.88.